The molecular formula is C12H19F3N4. The van der Waals surface area contributed by atoms with Crippen LogP contribution >= 0.6 is 0 Å². The Labute approximate surface area is 111 Å². The Morgan fingerprint density at radius 1 is 1.16 bits per heavy atom. The fourth-order valence-corrected chi connectivity index (χ4v) is 1.34. The lowest BCUT2D eigenvalue weighted by Gasteiger charge is -2.21. The molecule has 0 bridgehead atoms. The standard InChI is InChI=1S/C12H19F3N4/c1-11(2,3)18-7-9-5-16-10(17-6-9)19(4)8-12(13,14)15/h5-6,18H,7-8H2,1-4H3. The molecule has 0 amide bonds. The predicted octanol–water partition coefficient (Wildman–Crippen LogP) is 2.36. The van der Waals surface area contributed by atoms with Crippen molar-refractivity contribution in [3.8, 4) is 0 Å². The zero-order chi connectivity index (χ0) is 14.7. The topological polar surface area (TPSA) is 41.1 Å². The van der Waals surface area contributed by atoms with Gasteiger partial charge in [0, 0.05) is 37.1 Å². The van der Waals surface area contributed by atoms with Crippen molar-refractivity contribution in [2.75, 3.05) is 18.5 Å². The van der Waals surface area contributed by atoms with E-state index in [1.165, 1.54) is 19.4 Å². The van der Waals surface area contributed by atoms with E-state index >= 15 is 0 Å². The van der Waals surface area contributed by atoms with E-state index in [4.69, 9.17) is 0 Å². The van der Waals surface area contributed by atoms with E-state index in [1.807, 2.05) is 20.8 Å². The second-order valence-corrected chi connectivity index (χ2v) is 5.47. The van der Waals surface area contributed by atoms with Crippen LogP contribution in [0.15, 0.2) is 12.4 Å². The van der Waals surface area contributed by atoms with Crippen LogP contribution in [-0.4, -0.2) is 35.3 Å². The molecule has 0 aliphatic rings. The van der Waals surface area contributed by atoms with Crippen molar-refractivity contribution < 1.29 is 13.2 Å². The average molecular weight is 276 g/mol. The van der Waals surface area contributed by atoms with Gasteiger partial charge in [0.05, 0.1) is 0 Å². The van der Waals surface area contributed by atoms with Crippen molar-refractivity contribution in [2.24, 2.45) is 0 Å². The molecule has 19 heavy (non-hydrogen) atoms. The third-order valence-corrected chi connectivity index (χ3v) is 2.27. The summed E-state index contributed by atoms with van der Waals surface area (Å²) in [6, 6.07) is 0. The summed E-state index contributed by atoms with van der Waals surface area (Å²) in [6.45, 7) is 5.59. The first kappa shape index (κ1) is 15.7. The van der Waals surface area contributed by atoms with Gasteiger partial charge in [-0.1, -0.05) is 0 Å². The highest BCUT2D eigenvalue weighted by Gasteiger charge is 2.30. The zero-order valence-electron chi connectivity index (χ0n) is 11.5. The van der Waals surface area contributed by atoms with Gasteiger partial charge in [0.25, 0.3) is 0 Å². The van der Waals surface area contributed by atoms with E-state index in [-0.39, 0.29) is 11.5 Å². The van der Waals surface area contributed by atoms with Gasteiger partial charge in [-0.15, -0.1) is 0 Å². The second kappa shape index (κ2) is 5.73. The fraction of sp³-hybridized carbons (Fsp3) is 0.667. The molecule has 0 aliphatic heterocycles. The Bertz CT molecular complexity index is 395. The predicted molar refractivity (Wildman–Crippen MR) is 67.9 cm³/mol. The molecule has 0 aromatic carbocycles. The zero-order valence-corrected chi connectivity index (χ0v) is 11.5. The molecule has 1 N–H and O–H groups in total. The lowest BCUT2D eigenvalue weighted by atomic mass is 10.1. The maximum absolute atomic E-state index is 12.2. The van der Waals surface area contributed by atoms with Crippen LogP contribution in [0.1, 0.15) is 26.3 Å². The van der Waals surface area contributed by atoms with Crippen molar-refractivity contribution >= 4 is 5.95 Å². The number of aromatic nitrogens is 2. The van der Waals surface area contributed by atoms with Crippen molar-refractivity contribution in [2.45, 2.75) is 39.0 Å². The molecule has 0 radical (unpaired) electrons. The molecule has 1 aromatic heterocycles. The Kier molecular flexibility index (Phi) is 4.73. The number of hydrogen-bond donors (Lipinski definition) is 1. The molecule has 108 valence electrons. The summed E-state index contributed by atoms with van der Waals surface area (Å²) in [5.41, 5.74) is 0.797. The van der Waals surface area contributed by atoms with Crippen LogP contribution in [0, 0.1) is 0 Å². The van der Waals surface area contributed by atoms with Crippen LogP contribution in [0.5, 0.6) is 0 Å². The largest absolute Gasteiger partial charge is 0.406 e. The van der Waals surface area contributed by atoms with E-state index in [2.05, 4.69) is 15.3 Å². The summed E-state index contributed by atoms with van der Waals surface area (Å²) >= 11 is 0. The molecule has 0 saturated heterocycles. The molecule has 1 rings (SSSR count). The van der Waals surface area contributed by atoms with E-state index in [9.17, 15) is 13.2 Å². The number of nitrogens with one attached hydrogen (secondary N) is 1. The number of hydrogen-bond acceptors (Lipinski definition) is 4. The van der Waals surface area contributed by atoms with Gasteiger partial charge in [0.2, 0.25) is 5.95 Å². The van der Waals surface area contributed by atoms with Gasteiger partial charge in [-0.25, -0.2) is 9.97 Å². The van der Waals surface area contributed by atoms with Gasteiger partial charge < -0.3 is 10.2 Å². The quantitative estimate of drug-likeness (QED) is 0.916. The first-order valence-corrected chi connectivity index (χ1v) is 5.91. The van der Waals surface area contributed by atoms with Gasteiger partial charge in [-0.05, 0) is 20.8 Å². The first-order chi connectivity index (χ1) is 8.57. The van der Waals surface area contributed by atoms with E-state index in [0.717, 1.165) is 10.5 Å². The number of alkyl halides is 3. The number of halogens is 3. The monoisotopic (exact) mass is 276 g/mol. The Morgan fingerprint density at radius 3 is 2.11 bits per heavy atom. The molecule has 1 heterocycles. The highest BCUT2D eigenvalue weighted by Crippen LogP contribution is 2.18. The minimum Gasteiger partial charge on any atom is -0.335 e. The Hall–Kier alpha value is -1.37. The molecule has 0 fully saturated rings. The smallest absolute Gasteiger partial charge is 0.335 e. The third kappa shape index (κ3) is 6.37. The SMILES string of the molecule is CN(CC(F)(F)F)c1ncc(CNC(C)(C)C)cn1. The van der Waals surface area contributed by atoms with E-state index in [1.54, 1.807) is 0 Å². The van der Waals surface area contributed by atoms with Crippen molar-refractivity contribution in [1.82, 2.24) is 15.3 Å². The van der Waals surface area contributed by atoms with Crippen LogP contribution in [0.25, 0.3) is 0 Å². The molecule has 0 unspecified atom stereocenters. The van der Waals surface area contributed by atoms with Gasteiger partial charge in [-0.2, -0.15) is 13.2 Å². The van der Waals surface area contributed by atoms with Gasteiger partial charge in [-0.3, -0.25) is 0 Å². The molecule has 1 aromatic rings. The summed E-state index contributed by atoms with van der Waals surface area (Å²) in [5.74, 6) is 0.0665. The minimum atomic E-state index is -4.26. The summed E-state index contributed by atoms with van der Waals surface area (Å²) in [6.07, 6.45) is -1.19. The molecule has 0 saturated carbocycles. The fourth-order valence-electron chi connectivity index (χ4n) is 1.34. The summed E-state index contributed by atoms with van der Waals surface area (Å²) < 4.78 is 36.6. The highest BCUT2D eigenvalue weighted by molar-refractivity contribution is 5.28. The lowest BCUT2D eigenvalue weighted by Crippen LogP contribution is -2.35. The van der Waals surface area contributed by atoms with E-state index in [0.29, 0.717) is 6.54 Å². The van der Waals surface area contributed by atoms with Crippen LogP contribution in [0.3, 0.4) is 0 Å². The molecule has 4 nitrogen and oxygen atoms in total. The lowest BCUT2D eigenvalue weighted by molar-refractivity contribution is -0.119. The van der Waals surface area contributed by atoms with Crippen LogP contribution < -0.4 is 10.2 Å². The van der Waals surface area contributed by atoms with E-state index < -0.39 is 12.7 Å². The second-order valence-electron chi connectivity index (χ2n) is 5.47. The van der Waals surface area contributed by atoms with Gasteiger partial charge in [0.1, 0.15) is 6.54 Å². The normalized spacial score (nSPS) is 12.6. The van der Waals surface area contributed by atoms with Crippen LogP contribution in [0.2, 0.25) is 0 Å². The van der Waals surface area contributed by atoms with Crippen molar-refractivity contribution in [3.05, 3.63) is 18.0 Å². The van der Waals surface area contributed by atoms with Crippen molar-refractivity contribution in [3.63, 3.8) is 0 Å². The molecule has 0 atom stereocenters. The Balaban J connectivity index is 2.61. The maximum Gasteiger partial charge on any atom is 0.406 e. The van der Waals surface area contributed by atoms with Gasteiger partial charge >= 0.3 is 6.18 Å². The van der Waals surface area contributed by atoms with Crippen LogP contribution in [-0.2, 0) is 6.54 Å². The number of nitrogens with zero attached hydrogens (tertiary/aromatic N) is 3. The van der Waals surface area contributed by atoms with Gasteiger partial charge in [0.15, 0.2) is 0 Å². The molecular weight excluding hydrogens is 257 g/mol. The summed E-state index contributed by atoms with van der Waals surface area (Å²) in [4.78, 5) is 8.85. The van der Waals surface area contributed by atoms with Crippen molar-refractivity contribution in [1.29, 1.82) is 0 Å². The summed E-state index contributed by atoms with van der Waals surface area (Å²) in [7, 11) is 1.32. The minimum absolute atomic E-state index is 0.0360. The molecule has 0 aliphatic carbocycles. The third-order valence-electron chi connectivity index (χ3n) is 2.27. The first-order valence-electron chi connectivity index (χ1n) is 5.91. The summed E-state index contributed by atoms with van der Waals surface area (Å²) in [5, 5.41) is 3.25. The number of rotatable bonds is 4. The molecule has 7 heteroatoms. The molecule has 0 spiro atoms. The Morgan fingerprint density at radius 2 is 1.68 bits per heavy atom. The maximum atomic E-state index is 12.2. The van der Waals surface area contributed by atoms with Crippen LogP contribution in [0.4, 0.5) is 19.1 Å². The number of anilines is 1. The average Bonchev–Trinajstić information content (AvgIpc) is 2.23. The highest BCUT2D eigenvalue weighted by atomic mass is 19.4.